The molecular weight excluding hydrogens is 616 g/mol. The van der Waals surface area contributed by atoms with Crippen molar-refractivity contribution in [3.8, 4) is 11.8 Å². The number of halogens is 4. The maximum absolute atomic E-state index is 14.3. The normalized spacial score (nSPS) is 18.2. The molecule has 1 aliphatic heterocycles. The Kier molecular flexibility index (Phi) is 8.05. The number of nitrogens with zero attached hydrogens (tertiary/aromatic N) is 4. The summed E-state index contributed by atoms with van der Waals surface area (Å²) < 4.78 is 56.1. The third kappa shape index (κ3) is 5.82. The van der Waals surface area contributed by atoms with E-state index < -0.39 is 52.7 Å². The average molecular weight is 645 g/mol. The number of hydrogen-bond acceptors (Lipinski definition) is 5. The topological polar surface area (TPSA) is 120 Å². The Morgan fingerprint density at radius 1 is 1.04 bits per heavy atom. The molecule has 2 atom stereocenters. The fourth-order valence-corrected chi connectivity index (χ4v) is 5.89. The molecule has 240 valence electrons. The van der Waals surface area contributed by atoms with Crippen molar-refractivity contribution < 1.29 is 31.9 Å². The summed E-state index contributed by atoms with van der Waals surface area (Å²) in [5, 5.41) is 19.8. The van der Waals surface area contributed by atoms with E-state index in [1.54, 1.807) is 41.9 Å². The molecule has 47 heavy (non-hydrogen) atoms. The SMILES string of the molecule is CCN1C(=O)[C@H](NC(=O)c2cccc(C(F)(F)F)c2)[C@H](c2ccc(F)cc2)c2c(CNC(=O)C3(C#N)CC3)nn(-c3ccccc3)c21. The highest BCUT2D eigenvalue weighted by Crippen LogP contribution is 2.46. The van der Waals surface area contributed by atoms with Crippen LogP contribution in [0.5, 0.6) is 0 Å². The predicted octanol–water partition coefficient (Wildman–Crippen LogP) is 5.25. The van der Waals surface area contributed by atoms with Crippen molar-refractivity contribution in [3.05, 3.63) is 113 Å². The number of anilines is 1. The highest BCUT2D eigenvalue weighted by atomic mass is 19.4. The number of amides is 3. The first-order valence-electron chi connectivity index (χ1n) is 14.9. The standard InChI is InChI=1S/C34H28F4N6O3/c1-2-43-30-27(25(18-40-32(47)33(19-39)15-16-33)42-44(30)24-9-4-3-5-10-24)26(20-11-13-23(35)14-12-20)28(31(43)46)41-29(45)21-7-6-8-22(17-21)34(36,37)38/h3-14,17,26,28H,2,15-16,18H2,1H3,(H,40,47)(H,41,45)/t26-,28-/m1/s1. The van der Waals surface area contributed by atoms with Gasteiger partial charge in [0.05, 0.1) is 29.6 Å². The van der Waals surface area contributed by atoms with Gasteiger partial charge in [-0.1, -0.05) is 36.4 Å². The van der Waals surface area contributed by atoms with Crippen molar-refractivity contribution in [3.63, 3.8) is 0 Å². The maximum atomic E-state index is 14.3. The number of aromatic nitrogens is 2. The molecule has 4 aromatic rings. The Morgan fingerprint density at radius 3 is 2.36 bits per heavy atom. The van der Waals surface area contributed by atoms with Gasteiger partial charge in [0, 0.05) is 23.6 Å². The monoisotopic (exact) mass is 644 g/mol. The molecule has 13 heteroatoms. The van der Waals surface area contributed by atoms with Crippen LogP contribution in [0.25, 0.3) is 5.69 Å². The Bertz CT molecular complexity index is 1900. The van der Waals surface area contributed by atoms with E-state index in [4.69, 9.17) is 5.10 Å². The maximum Gasteiger partial charge on any atom is 0.416 e. The number of rotatable bonds is 8. The smallest absolute Gasteiger partial charge is 0.349 e. The van der Waals surface area contributed by atoms with E-state index in [1.165, 1.54) is 35.2 Å². The number of carbonyl (C=O) groups excluding carboxylic acids is 3. The lowest BCUT2D eigenvalue weighted by Gasteiger charge is -2.38. The third-order valence-electron chi connectivity index (χ3n) is 8.51. The average Bonchev–Trinajstić information content (AvgIpc) is 3.79. The van der Waals surface area contributed by atoms with Crippen LogP contribution in [0.15, 0.2) is 78.9 Å². The van der Waals surface area contributed by atoms with Crippen molar-refractivity contribution in [1.29, 1.82) is 5.26 Å². The summed E-state index contributed by atoms with van der Waals surface area (Å²) in [6, 6.07) is 18.8. The summed E-state index contributed by atoms with van der Waals surface area (Å²) >= 11 is 0. The van der Waals surface area contributed by atoms with Crippen LogP contribution < -0.4 is 15.5 Å². The molecule has 3 amide bonds. The summed E-state index contributed by atoms with van der Waals surface area (Å²) in [6.07, 6.45) is -3.85. The lowest BCUT2D eigenvalue weighted by Crippen LogP contribution is -2.55. The van der Waals surface area contributed by atoms with Gasteiger partial charge < -0.3 is 10.6 Å². The fourth-order valence-electron chi connectivity index (χ4n) is 5.89. The number of fused-ring (bicyclic) bond motifs is 1. The minimum Gasteiger partial charge on any atom is -0.349 e. The number of nitriles is 1. The van der Waals surface area contributed by atoms with Crippen molar-refractivity contribution in [1.82, 2.24) is 20.4 Å². The summed E-state index contributed by atoms with van der Waals surface area (Å²) in [7, 11) is 0. The minimum absolute atomic E-state index is 0.125. The highest BCUT2D eigenvalue weighted by molar-refractivity contribution is 6.05. The molecule has 2 heterocycles. The van der Waals surface area contributed by atoms with E-state index in [1.807, 2.05) is 0 Å². The van der Waals surface area contributed by atoms with Gasteiger partial charge in [0.1, 0.15) is 23.1 Å². The van der Waals surface area contributed by atoms with Crippen molar-refractivity contribution in [2.45, 2.75) is 44.4 Å². The number of nitrogens with one attached hydrogen (secondary N) is 2. The number of likely N-dealkylation sites (N-methyl/N-ethyl adjacent to an activating group) is 1. The fraction of sp³-hybridized carbons (Fsp3) is 0.265. The lowest BCUT2D eigenvalue weighted by molar-refractivity contribution is -0.137. The van der Waals surface area contributed by atoms with Gasteiger partial charge in [0.25, 0.3) is 11.8 Å². The van der Waals surface area contributed by atoms with Crippen LogP contribution in [0.2, 0.25) is 0 Å². The minimum atomic E-state index is -4.70. The first kappa shape index (κ1) is 31.5. The molecule has 2 aliphatic rings. The second-order valence-electron chi connectivity index (χ2n) is 11.4. The van der Waals surface area contributed by atoms with Gasteiger partial charge in [-0.05, 0) is 67.8 Å². The zero-order chi connectivity index (χ0) is 33.5. The van der Waals surface area contributed by atoms with E-state index in [9.17, 15) is 37.2 Å². The molecule has 1 saturated carbocycles. The van der Waals surface area contributed by atoms with Crippen LogP contribution in [0.4, 0.5) is 23.4 Å². The molecule has 6 rings (SSSR count). The summed E-state index contributed by atoms with van der Waals surface area (Å²) in [4.78, 5) is 42.2. The van der Waals surface area contributed by atoms with Gasteiger partial charge in [-0.3, -0.25) is 19.3 Å². The van der Waals surface area contributed by atoms with E-state index in [2.05, 4.69) is 16.7 Å². The molecule has 1 fully saturated rings. The van der Waals surface area contributed by atoms with Gasteiger partial charge in [-0.2, -0.15) is 23.5 Å². The van der Waals surface area contributed by atoms with Gasteiger partial charge in [-0.15, -0.1) is 0 Å². The van der Waals surface area contributed by atoms with Crippen molar-refractivity contribution in [2.24, 2.45) is 5.41 Å². The molecule has 0 radical (unpaired) electrons. The first-order valence-corrected chi connectivity index (χ1v) is 14.9. The predicted molar refractivity (Wildman–Crippen MR) is 162 cm³/mol. The number of carbonyl (C=O) groups is 3. The molecule has 0 bridgehead atoms. The van der Waals surface area contributed by atoms with Crippen LogP contribution in [-0.2, 0) is 22.3 Å². The molecular formula is C34H28F4N6O3. The second-order valence-corrected chi connectivity index (χ2v) is 11.4. The Balaban J connectivity index is 1.50. The van der Waals surface area contributed by atoms with Crippen LogP contribution in [-0.4, -0.2) is 40.1 Å². The Hall–Kier alpha value is -5.51. The zero-order valence-electron chi connectivity index (χ0n) is 25.0. The van der Waals surface area contributed by atoms with Gasteiger partial charge >= 0.3 is 6.18 Å². The van der Waals surface area contributed by atoms with E-state index in [-0.39, 0.29) is 18.7 Å². The second kappa shape index (κ2) is 12.0. The molecule has 0 unspecified atom stereocenters. The number of hydrogen-bond donors (Lipinski definition) is 2. The summed E-state index contributed by atoms with van der Waals surface area (Å²) in [5.41, 5.74) is -0.679. The molecule has 3 aromatic carbocycles. The van der Waals surface area contributed by atoms with Crippen LogP contribution in [0.1, 0.15) is 58.4 Å². The van der Waals surface area contributed by atoms with Crippen molar-refractivity contribution >= 4 is 23.5 Å². The molecule has 1 aliphatic carbocycles. The Labute approximate surface area is 266 Å². The van der Waals surface area contributed by atoms with Crippen LogP contribution in [0.3, 0.4) is 0 Å². The van der Waals surface area contributed by atoms with E-state index in [0.717, 1.165) is 12.1 Å². The van der Waals surface area contributed by atoms with Gasteiger partial charge in [0.2, 0.25) is 5.91 Å². The van der Waals surface area contributed by atoms with Gasteiger partial charge in [0.15, 0.2) is 0 Å². The van der Waals surface area contributed by atoms with Gasteiger partial charge in [-0.25, -0.2) is 9.07 Å². The molecule has 1 aromatic heterocycles. The zero-order valence-corrected chi connectivity index (χ0v) is 25.0. The summed E-state index contributed by atoms with van der Waals surface area (Å²) in [6.45, 7) is 1.71. The highest BCUT2D eigenvalue weighted by Gasteiger charge is 2.51. The molecule has 2 N–H and O–H groups in total. The van der Waals surface area contributed by atoms with Crippen LogP contribution >= 0.6 is 0 Å². The molecule has 0 spiro atoms. The number of benzene rings is 3. The van der Waals surface area contributed by atoms with Crippen LogP contribution in [0, 0.1) is 22.6 Å². The molecule has 0 saturated heterocycles. The number of alkyl halides is 3. The quantitative estimate of drug-likeness (QED) is 0.254. The first-order chi connectivity index (χ1) is 22.5. The van der Waals surface area contributed by atoms with E-state index >= 15 is 0 Å². The largest absolute Gasteiger partial charge is 0.416 e. The third-order valence-corrected chi connectivity index (χ3v) is 8.51. The Morgan fingerprint density at radius 2 is 1.74 bits per heavy atom. The van der Waals surface area contributed by atoms with Crippen molar-refractivity contribution in [2.75, 3.05) is 11.4 Å². The number of para-hydroxylation sites is 1. The molecule has 9 nitrogen and oxygen atoms in total. The lowest BCUT2D eigenvalue weighted by atomic mass is 9.80. The summed E-state index contributed by atoms with van der Waals surface area (Å²) in [5.74, 6) is -3.14. The van der Waals surface area contributed by atoms with E-state index in [0.29, 0.717) is 47.2 Å².